The lowest BCUT2D eigenvalue weighted by atomic mass is 9.94. The predicted molar refractivity (Wildman–Crippen MR) is 141 cm³/mol. The third kappa shape index (κ3) is 5.80. The maximum atomic E-state index is 13.4. The lowest BCUT2D eigenvalue weighted by Gasteiger charge is -2.36. The molecular weight excluding hydrogens is 482 g/mol. The molecule has 6 nitrogen and oxygen atoms in total. The Labute approximate surface area is 215 Å². The summed E-state index contributed by atoms with van der Waals surface area (Å²) in [6, 6.07) is 16.6. The molecule has 2 aromatic carbocycles. The first-order valence-electron chi connectivity index (χ1n) is 11.6. The molecule has 4 rings (SSSR count). The third-order valence-corrected chi connectivity index (χ3v) is 7.12. The van der Waals surface area contributed by atoms with E-state index in [0.29, 0.717) is 16.3 Å². The number of ether oxygens (including phenoxy) is 1. The zero-order valence-corrected chi connectivity index (χ0v) is 21.5. The Bertz CT molecular complexity index is 1190. The van der Waals surface area contributed by atoms with E-state index in [1.165, 1.54) is 11.8 Å². The minimum Gasteiger partial charge on any atom is -0.457 e. The van der Waals surface area contributed by atoms with Crippen LogP contribution in [0, 0.1) is 0 Å². The van der Waals surface area contributed by atoms with E-state index in [1.54, 1.807) is 12.1 Å². The number of nitrogens with zero attached hydrogens (tertiary/aromatic N) is 2. The minimum atomic E-state index is -0.485. The number of esters is 1. The van der Waals surface area contributed by atoms with Gasteiger partial charge in [-0.05, 0) is 48.9 Å². The van der Waals surface area contributed by atoms with Crippen molar-refractivity contribution in [2.24, 2.45) is 4.99 Å². The molecule has 35 heavy (non-hydrogen) atoms. The molecule has 2 heterocycles. The van der Waals surface area contributed by atoms with Crippen molar-refractivity contribution >= 4 is 40.4 Å². The molecule has 0 unspecified atom stereocenters. The maximum Gasteiger partial charge on any atom is 0.338 e. The summed E-state index contributed by atoms with van der Waals surface area (Å²) in [4.78, 5) is 32.8. The number of rotatable bonds is 8. The van der Waals surface area contributed by atoms with Crippen LogP contribution in [0.1, 0.15) is 50.8 Å². The van der Waals surface area contributed by atoms with Gasteiger partial charge in [0, 0.05) is 16.8 Å². The second-order valence-corrected chi connectivity index (χ2v) is 9.83. The molecule has 1 amide bonds. The summed E-state index contributed by atoms with van der Waals surface area (Å²) in [5, 5.41) is 6.29. The first kappa shape index (κ1) is 25.1. The van der Waals surface area contributed by atoms with Gasteiger partial charge in [-0.15, -0.1) is 0 Å². The number of nitrogens with one attached hydrogen (secondary N) is 1. The van der Waals surface area contributed by atoms with Gasteiger partial charge in [0.1, 0.15) is 6.61 Å². The van der Waals surface area contributed by atoms with E-state index in [0.717, 1.165) is 28.4 Å². The van der Waals surface area contributed by atoms with E-state index in [1.807, 2.05) is 73.5 Å². The molecule has 2 aliphatic heterocycles. The summed E-state index contributed by atoms with van der Waals surface area (Å²) in [7, 11) is 0. The van der Waals surface area contributed by atoms with Crippen molar-refractivity contribution in [1.82, 2.24) is 10.2 Å². The Balaban J connectivity index is 1.65. The Kier molecular flexibility index (Phi) is 7.98. The number of amidine groups is 1. The molecule has 0 saturated heterocycles. The highest BCUT2D eigenvalue weighted by Crippen LogP contribution is 2.45. The summed E-state index contributed by atoms with van der Waals surface area (Å²) in [5.74, 6) is -0.504. The fraction of sp³-hybridized carbons (Fsp3) is 0.296. The zero-order valence-electron chi connectivity index (χ0n) is 20.0. The van der Waals surface area contributed by atoms with Crippen LogP contribution < -0.4 is 5.32 Å². The van der Waals surface area contributed by atoms with E-state index in [9.17, 15) is 9.59 Å². The summed E-state index contributed by atoms with van der Waals surface area (Å²) >= 11 is 7.61. The van der Waals surface area contributed by atoms with Crippen molar-refractivity contribution in [3.8, 4) is 0 Å². The van der Waals surface area contributed by atoms with Crippen molar-refractivity contribution in [2.75, 3.05) is 0 Å². The number of thioether (sulfide) groups is 1. The molecule has 0 spiro atoms. The largest absolute Gasteiger partial charge is 0.457 e. The second-order valence-electron chi connectivity index (χ2n) is 8.56. The predicted octanol–water partition coefficient (Wildman–Crippen LogP) is 5.96. The summed E-state index contributed by atoms with van der Waals surface area (Å²) in [6.07, 6.45) is 1.04. The molecule has 0 bridgehead atoms. The summed E-state index contributed by atoms with van der Waals surface area (Å²) < 4.78 is 5.72. The minimum absolute atomic E-state index is 0.0678. The molecule has 2 aliphatic rings. The molecule has 2 aromatic rings. The van der Waals surface area contributed by atoms with Gasteiger partial charge in [-0.25, -0.2) is 9.79 Å². The van der Waals surface area contributed by atoms with E-state index in [-0.39, 0.29) is 25.0 Å². The van der Waals surface area contributed by atoms with E-state index >= 15 is 0 Å². The molecular formula is C27H28ClN3O3S. The van der Waals surface area contributed by atoms with E-state index < -0.39 is 12.0 Å². The molecule has 0 radical (unpaired) electrons. The van der Waals surface area contributed by atoms with Crippen LogP contribution in [0.3, 0.4) is 0 Å². The summed E-state index contributed by atoms with van der Waals surface area (Å²) in [5.41, 5.74) is 3.60. The summed E-state index contributed by atoms with van der Waals surface area (Å²) in [6.45, 7) is 5.99. The molecule has 0 fully saturated rings. The molecule has 8 heteroatoms. The van der Waals surface area contributed by atoms with Gasteiger partial charge < -0.3 is 15.0 Å². The molecule has 1 N–H and O–H groups in total. The van der Waals surface area contributed by atoms with Crippen LogP contribution in [0.4, 0.5) is 0 Å². The standard InChI is InChI=1S/C27H28ClN3O3S/c1-4-17(2)29-23(32)14-22-16-35-27-30-18(3)24(26(33)34-15-19-8-6-5-7-9-19)25(31(22)27)20-10-12-21(28)13-11-20/h5-13,16-17,25H,4,14-15H2,1-3H3,(H,29,32)/t17-,25-/m1/s1. The van der Waals surface area contributed by atoms with Gasteiger partial charge in [-0.1, -0.05) is 72.8 Å². The number of halogens is 1. The molecule has 2 atom stereocenters. The topological polar surface area (TPSA) is 71.0 Å². The normalized spacial score (nSPS) is 17.9. The number of fused-ring (bicyclic) bond motifs is 1. The monoisotopic (exact) mass is 509 g/mol. The zero-order chi connectivity index (χ0) is 24.9. The Morgan fingerprint density at radius 2 is 1.89 bits per heavy atom. The van der Waals surface area contributed by atoms with Crippen molar-refractivity contribution < 1.29 is 14.3 Å². The number of carbonyl (C=O) groups excluding carboxylic acids is 2. The van der Waals surface area contributed by atoms with Crippen molar-refractivity contribution in [3.05, 3.63) is 93.1 Å². The molecule has 0 aromatic heterocycles. The molecule has 182 valence electrons. The number of hydrogen-bond donors (Lipinski definition) is 1. The van der Waals surface area contributed by atoms with Crippen molar-refractivity contribution in [2.45, 2.75) is 52.3 Å². The van der Waals surface area contributed by atoms with Gasteiger partial charge >= 0.3 is 5.97 Å². The van der Waals surface area contributed by atoms with E-state index in [4.69, 9.17) is 21.3 Å². The lowest BCUT2D eigenvalue weighted by molar-refractivity contribution is -0.141. The Morgan fingerprint density at radius 1 is 1.17 bits per heavy atom. The van der Waals surface area contributed by atoms with Gasteiger partial charge in [0.25, 0.3) is 0 Å². The first-order chi connectivity index (χ1) is 16.9. The lowest BCUT2D eigenvalue weighted by Crippen LogP contribution is -2.39. The Morgan fingerprint density at radius 3 is 2.57 bits per heavy atom. The van der Waals surface area contributed by atoms with Crippen LogP contribution in [0.2, 0.25) is 5.02 Å². The number of amides is 1. The van der Waals surface area contributed by atoms with Gasteiger partial charge in [0.05, 0.1) is 23.7 Å². The van der Waals surface area contributed by atoms with Crippen molar-refractivity contribution in [1.29, 1.82) is 0 Å². The average Bonchev–Trinajstić information content (AvgIpc) is 3.24. The highest BCUT2D eigenvalue weighted by Gasteiger charge is 2.41. The SMILES string of the molecule is CC[C@@H](C)NC(=O)CC1=CSC2=NC(C)=C(C(=O)OCc3ccccc3)[C@@H](c3ccc(Cl)cc3)N12. The first-order valence-corrected chi connectivity index (χ1v) is 12.8. The fourth-order valence-corrected chi connectivity index (χ4v) is 5.07. The quantitative estimate of drug-likeness (QED) is 0.444. The van der Waals surface area contributed by atoms with E-state index in [2.05, 4.69) is 5.32 Å². The number of benzene rings is 2. The average molecular weight is 510 g/mol. The number of allylic oxidation sites excluding steroid dienone is 1. The highest BCUT2D eigenvalue weighted by molar-refractivity contribution is 8.16. The number of carbonyl (C=O) groups is 2. The van der Waals surface area contributed by atoms with Crippen LogP contribution in [0.5, 0.6) is 0 Å². The molecule has 0 saturated carbocycles. The number of hydrogen-bond acceptors (Lipinski definition) is 6. The van der Waals surface area contributed by atoms with Crippen LogP contribution in [0.15, 0.2) is 82.0 Å². The number of aliphatic imine (C=N–C) groups is 1. The van der Waals surface area contributed by atoms with Crippen LogP contribution in [-0.2, 0) is 20.9 Å². The van der Waals surface area contributed by atoms with Gasteiger partial charge in [0.2, 0.25) is 5.91 Å². The molecule has 0 aliphatic carbocycles. The van der Waals surface area contributed by atoms with Crippen molar-refractivity contribution in [3.63, 3.8) is 0 Å². The van der Waals surface area contributed by atoms with Crippen LogP contribution >= 0.6 is 23.4 Å². The highest BCUT2D eigenvalue weighted by atomic mass is 35.5. The van der Waals surface area contributed by atoms with Gasteiger partial charge in [0.15, 0.2) is 5.17 Å². The van der Waals surface area contributed by atoms with Gasteiger partial charge in [-0.3, -0.25) is 4.79 Å². The third-order valence-electron chi connectivity index (χ3n) is 5.98. The second kappa shape index (κ2) is 11.1. The smallest absolute Gasteiger partial charge is 0.338 e. The maximum absolute atomic E-state index is 13.4. The fourth-order valence-electron chi connectivity index (χ4n) is 3.98. The Hall–Kier alpha value is -3.03. The van der Waals surface area contributed by atoms with Crippen LogP contribution in [-0.4, -0.2) is 28.0 Å². The van der Waals surface area contributed by atoms with Gasteiger partial charge in [-0.2, -0.15) is 0 Å². The van der Waals surface area contributed by atoms with Crippen LogP contribution in [0.25, 0.3) is 0 Å².